The Bertz CT molecular complexity index is 1830. The molecule has 0 aliphatic rings. The fourth-order valence-electron chi connectivity index (χ4n) is 4.73. The van der Waals surface area contributed by atoms with E-state index in [1.165, 1.54) is 24.3 Å². The molecule has 11 heteroatoms. The van der Waals surface area contributed by atoms with Crippen LogP contribution in [0, 0.1) is 5.82 Å². The number of nitrogens with zero attached hydrogens (tertiary/aromatic N) is 1. The second-order valence-electron chi connectivity index (χ2n) is 10.2. The highest BCUT2D eigenvalue weighted by Gasteiger charge is 2.33. The van der Waals surface area contributed by atoms with Crippen molar-refractivity contribution in [3.63, 3.8) is 0 Å². The molecule has 8 nitrogen and oxygen atoms in total. The van der Waals surface area contributed by atoms with E-state index in [0.717, 1.165) is 11.1 Å². The van der Waals surface area contributed by atoms with Crippen molar-refractivity contribution in [3.8, 4) is 11.5 Å². The van der Waals surface area contributed by atoms with Crippen molar-refractivity contribution in [2.24, 2.45) is 0 Å². The lowest BCUT2D eigenvalue weighted by Gasteiger charge is -2.24. The molecule has 44 heavy (non-hydrogen) atoms. The molecular weight excluding hydrogens is 602 g/mol. The zero-order valence-corrected chi connectivity index (χ0v) is 25.9. The number of halogens is 1. The van der Waals surface area contributed by atoms with Crippen LogP contribution in [-0.2, 0) is 25.5 Å². The maximum atomic E-state index is 14.1. The van der Waals surface area contributed by atoms with Crippen molar-refractivity contribution in [2.45, 2.75) is 17.4 Å². The third-order valence-electron chi connectivity index (χ3n) is 6.68. The maximum Gasteiger partial charge on any atom is 0.587 e. The first-order chi connectivity index (χ1) is 21.1. The van der Waals surface area contributed by atoms with Gasteiger partial charge in [0.25, 0.3) is 0 Å². The van der Waals surface area contributed by atoms with Gasteiger partial charge in [0.2, 0.25) is 10.0 Å². The van der Waals surface area contributed by atoms with Crippen LogP contribution in [-0.4, -0.2) is 35.2 Å². The molecule has 0 aromatic heterocycles. The van der Waals surface area contributed by atoms with E-state index in [0.29, 0.717) is 10.9 Å². The number of fused-ring (bicyclic) bond motifs is 1. The van der Waals surface area contributed by atoms with Crippen molar-refractivity contribution in [3.05, 3.63) is 133 Å². The van der Waals surface area contributed by atoms with Crippen LogP contribution in [0.1, 0.15) is 5.56 Å². The number of hydrogen-bond acceptors (Lipinski definition) is 7. The van der Waals surface area contributed by atoms with Crippen LogP contribution in [0.4, 0.5) is 10.1 Å². The summed E-state index contributed by atoms with van der Waals surface area (Å²) in [5.74, 6) is 0.00346. The zero-order valence-electron chi connectivity index (χ0n) is 24.2. The lowest BCUT2D eigenvalue weighted by atomic mass is 10.1. The van der Waals surface area contributed by atoms with Gasteiger partial charge in [-0.25, -0.2) is 22.1 Å². The molecule has 0 radical (unpaired) electrons. The summed E-state index contributed by atoms with van der Waals surface area (Å²) in [6.45, 7) is -0.416. The number of hydrogen-bond donors (Lipinski definition) is 1. The first-order valence-electron chi connectivity index (χ1n) is 13.8. The third kappa shape index (κ3) is 7.84. The number of rotatable bonds is 13. The molecule has 0 saturated carbocycles. The van der Waals surface area contributed by atoms with Gasteiger partial charge in [-0.15, -0.1) is 0 Å². The largest absolute Gasteiger partial charge is 0.587 e. The molecule has 0 unspecified atom stereocenters. The van der Waals surface area contributed by atoms with E-state index >= 15 is 0 Å². The van der Waals surface area contributed by atoms with Crippen LogP contribution < -0.4 is 18.7 Å². The Labute approximate surface area is 256 Å². The molecule has 0 fully saturated rings. The summed E-state index contributed by atoms with van der Waals surface area (Å²) in [4.78, 5) is 1.97. The fourth-order valence-corrected chi connectivity index (χ4v) is 7.44. The second-order valence-corrected chi connectivity index (χ2v) is 13.4. The average Bonchev–Trinajstić information content (AvgIpc) is 3.00. The molecule has 0 bridgehead atoms. The highest BCUT2D eigenvalue weighted by Crippen LogP contribution is 2.49. The summed E-state index contributed by atoms with van der Waals surface area (Å²) >= 11 is 0. The quantitative estimate of drug-likeness (QED) is 0.137. The predicted octanol–water partition coefficient (Wildman–Crippen LogP) is 7.22. The second kappa shape index (κ2) is 13.6. The molecular formula is C33H32FN2O6PS. The monoisotopic (exact) mass is 634 g/mol. The molecule has 0 spiro atoms. The molecule has 5 aromatic carbocycles. The number of sulfonamides is 1. The molecule has 228 valence electrons. The Balaban J connectivity index is 1.47. The lowest BCUT2D eigenvalue weighted by Crippen LogP contribution is -2.40. The van der Waals surface area contributed by atoms with Gasteiger partial charge >= 0.3 is 7.82 Å². The minimum atomic E-state index is -4.34. The zero-order chi connectivity index (χ0) is 31.2. The van der Waals surface area contributed by atoms with E-state index < -0.39 is 36.3 Å². The van der Waals surface area contributed by atoms with Crippen molar-refractivity contribution >= 4 is 34.3 Å². The molecule has 5 aromatic rings. The van der Waals surface area contributed by atoms with Crippen LogP contribution in [0.5, 0.6) is 11.5 Å². The minimum absolute atomic E-state index is 0.0291. The van der Waals surface area contributed by atoms with E-state index in [4.69, 9.17) is 13.6 Å². The van der Waals surface area contributed by atoms with Crippen LogP contribution in [0.2, 0.25) is 0 Å². The number of benzene rings is 5. The highest BCUT2D eigenvalue weighted by molar-refractivity contribution is 7.89. The summed E-state index contributed by atoms with van der Waals surface area (Å²) in [6, 6.07) is 32.1. The Kier molecular flexibility index (Phi) is 9.66. The van der Waals surface area contributed by atoms with Crippen molar-refractivity contribution in [1.29, 1.82) is 0 Å². The topological polar surface area (TPSA) is 94.2 Å². The van der Waals surface area contributed by atoms with Gasteiger partial charge in [0.05, 0.1) is 17.5 Å². The maximum absolute atomic E-state index is 14.1. The number of phosphoric ester groups is 1. The van der Waals surface area contributed by atoms with E-state index in [1.807, 2.05) is 31.1 Å². The van der Waals surface area contributed by atoms with E-state index in [1.54, 1.807) is 84.9 Å². The fraction of sp³-hybridized carbons (Fsp3) is 0.152. The van der Waals surface area contributed by atoms with Gasteiger partial charge in [-0.3, -0.25) is 4.52 Å². The summed E-state index contributed by atoms with van der Waals surface area (Å²) in [6.07, 6.45) is 0.0291. The third-order valence-corrected chi connectivity index (χ3v) is 9.59. The van der Waals surface area contributed by atoms with Gasteiger partial charge in [0.1, 0.15) is 17.3 Å². The van der Waals surface area contributed by atoms with Crippen LogP contribution >= 0.6 is 7.82 Å². The van der Waals surface area contributed by atoms with Gasteiger partial charge in [0.15, 0.2) is 0 Å². The molecule has 1 atom stereocenters. The summed E-state index contributed by atoms with van der Waals surface area (Å²) < 4.78 is 75.8. The standard InChI is InChI=1S/C33H32FN2O6PS/c1-36(2)32-20-10-19-31-30(32)18-11-21-33(31)44(38,39)35-27(23-25-12-9-13-26(34)22-25)24-40-43(37,41-28-14-5-3-6-15-28)42-29-16-7-4-8-17-29/h3-22,27,35H,23-24H2,1-2H3/t27-/m1/s1. The Morgan fingerprint density at radius 3 is 1.98 bits per heavy atom. The smallest absolute Gasteiger partial charge is 0.395 e. The van der Waals surface area contributed by atoms with Crippen molar-refractivity contribution in [1.82, 2.24) is 4.72 Å². The number of nitrogens with one attached hydrogen (secondary N) is 1. The molecule has 0 amide bonds. The molecule has 0 saturated heterocycles. The SMILES string of the molecule is CN(C)c1cccc2c(S(=O)(=O)N[C@@H](COP(=O)(Oc3ccccc3)Oc3ccccc3)Cc3cccc(F)c3)cccc12. The normalized spacial score (nSPS) is 12.5. The van der Waals surface area contributed by atoms with Crippen LogP contribution in [0.3, 0.4) is 0 Å². The summed E-state index contributed by atoms with van der Waals surface area (Å²) in [5, 5.41) is 1.29. The lowest BCUT2D eigenvalue weighted by molar-refractivity contribution is 0.193. The average molecular weight is 635 g/mol. The van der Waals surface area contributed by atoms with Crippen molar-refractivity contribution in [2.75, 3.05) is 25.6 Å². The van der Waals surface area contributed by atoms with E-state index in [9.17, 15) is 17.4 Å². The van der Waals surface area contributed by atoms with Crippen LogP contribution in [0.15, 0.2) is 126 Å². The Hall–Kier alpha value is -4.21. The minimum Gasteiger partial charge on any atom is -0.395 e. The number of para-hydroxylation sites is 2. The van der Waals surface area contributed by atoms with Gasteiger partial charge < -0.3 is 13.9 Å². The van der Waals surface area contributed by atoms with Gasteiger partial charge in [-0.1, -0.05) is 72.8 Å². The predicted molar refractivity (Wildman–Crippen MR) is 170 cm³/mol. The molecule has 0 aliphatic heterocycles. The first kappa shape index (κ1) is 31.2. The van der Waals surface area contributed by atoms with Gasteiger partial charge in [-0.2, -0.15) is 0 Å². The molecule has 0 heterocycles. The number of anilines is 1. The van der Waals surface area contributed by atoms with Crippen molar-refractivity contribution < 1.29 is 30.9 Å². The van der Waals surface area contributed by atoms with E-state index in [-0.39, 0.29) is 22.8 Å². The molecule has 1 N–H and O–H groups in total. The summed E-state index contributed by atoms with van der Waals surface area (Å²) in [7, 11) is -4.73. The first-order valence-corrected chi connectivity index (χ1v) is 16.8. The molecule has 0 aliphatic carbocycles. The van der Waals surface area contributed by atoms with Gasteiger partial charge in [0, 0.05) is 30.6 Å². The van der Waals surface area contributed by atoms with Crippen LogP contribution in [0.25, 0.3) is 10.8 Å². The summed E-state index contributed by atoms with van der Waals surface area (Å²) in [5.41, 5.74) is 1.37. The number of phosphoric acid groups is 1. The van der Waals surface area contributed by atoms with E-state index in [2.05, 4.69) is 4.72 Å². The Morgan fingerprint density at radius 1 is 0.773 bits per heavy atom. The van der Waals surface area contributed by atoms with Gasteiger partial charge in [-0.05, 0) is 60.5 Å². The molecule has 5 rings (SSSR count). The highest BCUT2D eigenvalue weighted by atomic mass is 32.2. The Morgan fingerprint density at radius 2 is 1.36 bits per heavy atom.